The Morgan fingerprint density at radius 3 is 2.36 bits per heavy atom. The Kier molecular flexibility index (Phi) is 6.79. The summed E-state index contributed by atoms with van der Waals surface area (Å²) in [6, 6.07) is 5.58. The number of hydrogen-bond acceptors (Lipinski definition) is 4. The van der Waals surface area contributed by atoms with Crippen molar-refractivity contribution in [3.63, 3.8) is 0 Å². The number of sulfone groups is 1. The van der Waals surface area contributed by atoms with E-state index in [0.29, 0.717) is 6.07 Å². The summed E-state index contributed by atoms with van der Waals surface area (Å²) < 4.78 is 63.0. The Morgan fingerprint density at radius 2 is 1.71 bits per heavy atom. The molecule has 2 aromatic rings. The Balaban J connectivity index is 1.86. The number of nitrogens with one attached hydrogen (secondary N) is 2. The van der Waals surface area contributed by atoms with Crippen LogP contribution in [0.1, 0.15) is 23.2 Å². The van der Waals surface area contributed by atoms with Gasteiger partial charge in [0.15, 0.2) is 9.84 Å². The number of carbonyl (C=O) groups is 2. The molecule has 0 aliphatic heterocycles. The molecule has 150 valence electrons. The molecule has 28 heavy (non-hydrogen) atoms. The van der Waals surface area contributed by atoms with Gasteiger partial charge in [-0.15, -0.1) is 0 Å². The van der Waals surface area contributed by atoms with Gasteiger partial charge in [-0.2, -0.15) is 0 Å². The lowest BCUT2D eigenvalue weighted by molar-refractivity contribution is -0.116. The summed E-state index contributed by atoms with van der Waals surface area (Å²) in [6.45, 7) is 0.0227. The molecule has 2 rings (SSSR count). The Hall–Kier alpha value is -2.88. The highest BCUT2D eigenvalue weighted by Gasteiger charge is 2.14. The van der Waals surface area contributed by atoms with Crippen LogP contribution in [-0.2, 0) is 14.6 Å². The van der Waals surface area contributed by atoms with Crippen molar-refractivity contribution in [2.24, 2.45) is 0 Å². The summed E-state index contributed by atoms with van der Waals surface area (Å²) in [5, 5.41) is 4.65. The molecule has 0 radical (unpaired) electrons. The van der Waals surface area contributed by atoms with E-state index in [2.05, 4.69) is 10.6 Å². The van der Waals surface area contributed by atoms with Crippen molar-refractivity contribution in [1.82, 2.24) is 5.32 Å². The number of hydrogen-bond donors (Lipinski definition) is 2. The molecule has 0 atom stereocenters. The van der Waals surface area contributed by atoms with Crippen LogP contribution in [0.4, 0.5) is 18.9 Å². The SMILES string of the molecule is CS(=O)(=O)c1ccc(F)c(NC(=O)CCCNC(=O)c2ccc(F)cc2F)c1. The van der Waals surface area contributed by atoms with Crippen LogP contribution in [0, 0.1) is 17.5 Å². The third kappa shape index (κ3) is 5.81. The van der Waals surface area contributed by atoms with Gasteiger partial charge in [0.05, 0.1) is 16.1 Å². The van der Waals surface area contributed by atoms with Gasteiger partial charge in [0.1, 0.15) is 17.5 Å². The second-order valence-electron chi connectivity index (χ2n) is 5.95. The fourth-order valence-corrected chi connectivity index (χ4v) is 2.91. The molecule has 2 aromatic carbocycles. The molecule has 0 aliphatic carbocycles. The van der Waals surface area contributed by atoms with Crippen LogP contribution in [-0.4, -0.2) is 33.0 Å². The molecule has 6 nitrogen and oxygen atoms in total. The van der Waals surface area contributed by atoms with E-state index in [1.54, 1.807) is 0 Å². The number of anilines is 1. The highest BCUT2D eigenvalue weighted by Crippen LogP contribution is 2.20. The number of amides is 2. The van der Waals surface area contributed by atoms with Crippen LogP contribution in [0.2, 0.25) is 0 Å². The van der Waals surface area contributed by atoms with Gasteiger partial charge in [-0.25, -0.2) is 21.6 Å². The van der Waals surface area contributed by atoms with Gasteiger partial charge in [-0.1, -0.05) is 0 Å². The van der Waals surface area contributed by atoms with Gasteiger partial charge < -0.3 is 10.6 Å². The topological polar surface area (TPSA) is 92.3 Å². The van der Waals surface area contributed by atoms with Crippen LogP contribution < -0.4 is 10.6 Å². The summed E-state index contributed by atoms with van der Waals surface area (Å²) in [7, 11) is -3.56. The molecule has 10 heteroatoms. The van der Waals surface area contributed by atoms with Crippen LogP contribution in [0.15, 0.2) is 41.3 Å². The van der Waals surface area contributed by atoms with Crippen molar-refractivity contribution in [2.45, 2.75) is 17.7 Å². The molecule has 0 saturated heterocycles. The smallest absolute Gasteiger partial charge is 0.254 e. The summed E-state index contributed by atoms with van der Waals surface area (Å²) >= 11 is 0. The number of halogens is 3. The first-order valence-corrected chi connectivity index (χ1v) is 10.00. The number of carbonyl (C=O) groups excluding carboxylic acids is 2. The lowest BCUT2D eigenvalue weighted by atomic mass is 10.2. The minimum absolute atomic E-state index is 0.0227. The molecule has 0 spiro atoms. The fraction of sp³-hybridized carbons (Fsp3) is 0.222. The first-order valence-electron chi connectivity index (χ1n) is 8.10. The molecular weight excluding hydrogens is 397 g/mol. The molecule has 0 aromatic heterocycles. The zero-order valence-corrected chi connectivity index (χ0v) is 15.6. The average molecular weight is 414 g/mol. The van der Waals surface area contributed by atoms with Crippen LogP contribution >= 0.6 is 0 Å². The summed E-state index contributed by atoms with van der Waals surface area (Å²) in [6.07, 6.45) is 1.01. The van der Waals surface area contributed by atoms with E-state index in [0.717, 1.165) is 36.6 Å². The standard InChI is InChI=1S/C18H17F3N2O4S/c1-28(26,27)12-5-7-14(20)16(10-12)23-17(24)3-2-8-22-18(25)13-6-4-11(19)9-15(13)21/h4-7,9-10H,2-3,8H2,1H3,(H,22,25)(H,23,24). The number of rotatable bonds is 7. The third-order valence-electron chi connectivity index (χ3n) is 3.68. The normalized spacial score (nSPS) is 11.1. The van der Waals surface area contributed by atoms with E-state index in [1.807, 2.05) is 0 Å². The zero-order valence-electron chi connectivity index (χ0n) is 14.8. The van der Waals surface area contributed by atoms with Crippen molar-refractivity contribution in [2.75, 3.05) is 18.1 Å². The summed E-state index contributed by atoms with van der Waals surface area (Å²) in [5.74, 6) is -3.95. The van der Waals surface area contributed by atoms with Crippen LogP contribution in [0.25, 0.3) is 0 Å². The Bertz CT molecular complexity index is 1010. The number of benzene rings is 2. The second kappa shape index (κ2) is 8.87. The monoisotopic (exact) mass is 414 g/mol. The van der Waals surface area contributed by atoms with Crippen molar-refractivity contribution in [1.29, 1.82) is 0 Å². The lowest BCUT2D eigenvalue weighted by Crippen LogP contribution is -2.26. The Labute approximate surface area is 159 Å². The van der Waals surface area contributed by atoms with E-state index in [9.17, 15) is 31.2 Å². The van der Waals surface area contributed by atoms with E-state index < -0.39 is 39.1 Å². The van der Waals surface area contributed by atoms with E-state index in [1.165, 1.54) is 0 Å². The van der Waals surface area contributed by atoms with Gasteiger partial charge >= 0.3 is 0 Å². The van der Waals surface area contributed by atoms with E-state index >= 15 is 0 Å². The van der Waals surface area contributed by atoms with Crippen molar-refractivity contribution >= 4 is 27.3 Å². The predicted molar refractivity (Wildman–Crippen MR) is 96.1 cm³/mol. The minimum Gasteiger partial charge on any atom is -0.352 e. The average Bonchev–Trinajstić information content (AvgIpc) is 2.59. The van der Waals surface area contributed by atoms with E-state index in [4.69, 9.17) is 0 Å². The first kappa shape index (κ1) is 21.4. The zero-order chi connectivity index (χ0) is 20.9. The maximum absolute atomic E-state index is 13.7. The van der Waals surface area contributed by atoms with Gasteiger partial charge in [0.25, 0.3) is 5.91 Å². The summed E-state index contributed by atoms with van der Waals surface area (Å²) in [5.41, 5.74) is -0.601. The molecule has 2 amide bonds. The maximum atomic E-state index is 13.7. The van der Waals surface area contributed by atoms with Crippen LogP contribution in [0.3, 0.4) is 0 Å². The van der Waals surface area contributed by atoms with Crippen molar-refractivity contribution in [3.05, 3.63) is 59.4 Å². The van der Waals surface area contributed by atoms with Gasteiger partial charge in [0, 0.05) is 25.3 Å². The van der Waals surface area contributed by atoms with Crippen molar-refractivity contribution < 1.29 is 31.2 Å². The van der Waals surface area contributed by atoms with Gasteiger partial charge in [-0.05, 0) is 36.8 Å². The second-order valence-corrected chi connectivity index (χ2v) is 7.96. The molecular formula is C18H17F3N2O4S. The largest absolute Gasteiger partial charge is 0.352 e. The molecule has 0 heterocycles. The maximum Gasteiger partial charge on any atom is 0.254 e. The van der Waals surface area contributed by atoms with Gasteiger partial charge in [0.2, 0.25) is 5.91 Å². The predicted octanol–water partition coefficient (Wildman–Crippen LogP) is 2.66. The fourth-order valence-electron chi connectivity index (χ4n) is 2.26. The minimum atomic E-state index is -3.56. The highest BCUT2D eigenvalue weighted by atomic mass is 32.2. The summed E-state index contributed by atoms with van der Waals surface area (Å²) in [4.78, 5) is 23.6. The molecule has 0 bridgehead atoms. The third-order valence-corrected chi connectivity index (χ3v) is 4.79. The molecule has 0 fully saturated rings. The molecule has 2 N–H and O–H groups in total. The Morgan fingerprint density at radius 1 is 1.00 bits per heavy atom. The molecule has 0 unspecified atom stereocenters. The quantitative estimate of drug-likeness (QED) is 0.538. The van der Waals surface area contributed by atoms with Crippen LogP contribution in [0.5, 0.6) is 0 Å². The highest BCUT2D eigenvalue weighted by molar-refractivity contribution is 7.90. The molecule has 0 saturated carbocycles. The molecule has 0 aliphatic rings. The van der Waals surface area contributed by atoms with Crippen molar-refractivity contribution in [3.8, 4) is 0 Å². The van der Waals surface area contributed by atoms with Gasteiger partial charge in [-0.3, -0.25) is 9.59 Å². The lowest BCUT2D eigenvalue weighted by Gasteiger charge is -2.09. The van der Waals surface area contributed by atoms with E-state index in [-0.39, 0.29) is 35.5 Å². The first-order chi connectivity index (χ1) is 13.1.